The Labute approximate surface area is 52.4 Å². The quantitative estimate of drug-likeness (QED) is 0.330. The van der Waals surface area contributed by atoms with Gasteiger partial charge in [-0.1, -0.05) is 0 Å². The van der Waals surface area contributed by atoms with Crippen molar-refractivity contribution in [2.75, 3.05) is 14.1 Å². The molecule has 1 N–H and O–H groups in total. The molecular weight excluding hydrogens is 124 g/mol. The summed E-state index contributed by atoms with van der Waals surface area (Å²) in [4.78, 5) is 10.2. The van der Waals surface area contributed by atoms with Crippen molar-refractivity contribution in [1.82, 2.24) is 4.90 Å². The van der Waals surface area contributed by atoms with Crippen LogP contribution in [0, 0.1) is 10.1 Å². The first-order valence-corrected chi connectivity index (χ1v) is 2.25. The molecular formula is C4H8N2O3. The van der Waals surface area contributed by atoms with Gasteiger partial charge in [0.1, 0.15) is 0 Å². The van der Waals surface area contributed by atoms with Gasteiger partial charge in [0.05, 0.1) is 4.92 Å². The van der Waals surface area contributed by atoms with Gasteiger partial charge in [-0.05, 0) is 0 Å². The van der Waals surface area contributed by atoms with Crippen LogP contribution in [0.15, 0.2) is 12.1 Å². The summed E-state index contributed by atoms with van der Waals surface area (Å²) in [6.07, 6.45) is 0.528. The molecule has 0 rings (SSSR count). The molecule has 0 aromatic carbocycles. The maximum atomic E-state index is 9.66. The summed E-state index contributed by atoms with van der Waals surface area (Å²) in [5, 5.41) is 18.3. The van der Waals surface area contributed by atoms with Crippen LogP contribution < -0.4 is 0 Å². The number of nitro groups is 1. The van der Waals surface area contributed by atoms with Crippen molar-refractivity contribution in [2.45, 2.75) is 0 Å². The Morgan fingerprint density at radius 1 is 1.78 bits per heavy atom. The van der Waals surface area contributed by atoms with E-state index in [9.17, 15) is 10.1 Å². The van der Waals surface area contributed by atoms with Crippen molar-refractivity contribution in [3.05, 3.63) is 22.2 Å². The molecule has 5 heteroatoms. The lowest BCUT2D eigenvalue weighted by Gasteiger charge is -2.05. The number of rotatable bonds is 2. The Kier molecular flexibility index (Phi) is 2.50. The van der Waals surface area contributed by atoms with Gasteiger partial charge in [0.25, 0.3) is 12.1 Å². The van der Waals surface area contributed by atoms with E-state index in [1.807, 2.05) is 0 Å². The SMILES string of the molecule is CN(C)/C(O)=C/[N+](=O)[O-]. The number of aliphatic hydroxyl groups is 1. The highest BCUT2D eigenvalue weighted by Gasteiger charge is 1.99. The summed E-state index contributed by atoms with van der Waals surface area (Å²) in [5.41, 5.74) is 0. The number of aliphatic hydroxyl groups excluding tert-OH is 1. The van der Waals surface area contributed by atoms with Gasteiger partial charge in [-0.2, -0.15) is 0 Å². The second kappa shape index (κ2) is 2.91. The maximum absolute atomic E-state index is 9.66. The van der Waals surface area contributed by atoms with Crippen LogP contribution in [0.2, 0.25) is 0 Å². The maximum Gasteiger partial charge on any atom is 0.293 e. The summed E-state index contributed by atoms with van der Waals surface area (Å²) < 4.78 is 0. The van der Waals surface area contributed by atoms with Gasteiger partial charge in [-0.15, -0.1) is 0 Å². The van der Waals surface area contributed by atoms with Crippen LogP contribution in [0.25, 0.3) is 0 Å². The molecule has 0 aliphatic rings. The molecule has 0 fully saturated rings. The van der Waals surface area contributed by atoms with Crippen molar-refractivity contribution >= 4 is 0 Å². The van der Waals surface area contributed by atoms with E-state index < -0.39 is 4.92 Å². The van der Waals surface area contributed by atoms with E-state index in [0.29, 0.717) is 6.20 Å². The van der Waals surface area contributed by atoms with Gasteiger partial charge in [0.15, 0.2) is 0 Å². The second-order valence-corrected chi connectivity index (χ2v) is 1.67. The first-order chi connectivity index (χ1) is 4.04. The van der Waals surface area contributed by atoms with Crippen LogP contribution in [-0.4, -0.2) is 29.0 Å². The van der Waals surface area contributed by atoms with Crippen molar-refractivity contribution in [3.8, 4) is 0 Å². The molecule has 0 unspecified atom stereocenters. The van der Waals surface area contributed by atoms with Crippen LogP contribution in [0.5, 0.6) is 0 Å². The van der Waals surface area contributed by atoms with Gasteiger partial charge in [0, 0.05) is 14.1 Å². The lowest BCUT2D eigenvalue weighted by atomic mass is 10.7. The van der Waals surface area contributed by atoms with Gasteiger partial charge in [0.2, 0.25) is 0 Å². The lowest BCUT2D eigenvalue weighted by molar-refractivity contribution is -0.406. The highest BCUT2D eigenvalue weighted by molar-refractivity contribution is 4.79. The molecule has 0 aromatic heterocycles. The van der Waals surface area contributed by atoms with Crippen LogP contribution in [0.3, 0.4) is 0 Å². The van der Waals surface area contributed by atoms with Crippen molar-refractivity contribution in [2.24, 2.45) is 0 Å². The van der Waals surface area contributed by atoms with Crippen LogP contribution in [0.1, 0.15) is 0 Å². The number of nitrogens with zero attached hydrogens (tertiary/aromatic N) is 2. The third-order valence-corrected chi connectivity index (χ3v) is 0.679. The Morgan fingerprint density at radius 3 is 2.33 bits per heavy atom. The Morgan fingerprint density at radius 2 is 2.22 bits per heavy atom. The standard InChI is InChI=1S/C4H8N2O3/c1-5(2)4(7)3-6(8)9/h3,7H,1-2H3/b4-3-. The van der Waals surface area contributed by atoms with Gasteiger partial charge < -0.3 is 10.0 Å². The van der Waals surface area contributed by atoms with Gasteiger partial charge >= 0.3 is 0 Å². The van der Waals surface area contributed by atoms with E-state index in [-0.39, 0.29) is 5.88 Å². The molecule has 0 radical (unpaired) electrons. The normalized spacial score (nSPS) is 11.1. The summed E-state index contributed by atoms with van der Waals surface area (Å²) in [6, 6.07) is 0. The third-order valence-electron chi connectivity index (χ3n) is 0.679. The zero-order chi connectivity index (χ0) is 7.44. The first kappa shape index (κ1) is 7.74. The Hall–Kier alpha value is -1.26. The van der Waals surface area contributed by atoms with Crippen LogP contribution >= 0.6 is 0 Å². The monoisotopic (exact) mass is 132 g/mol. The molecule has 9 heavy (non-hydrogen) atoms. The number of hydrogen-bond donors (Lipinski definition) is 1. The highest BCUT2D eigenvalue weighted by Crippen LogP contribution is 1.90. The zero-order valence-electron chi connectivity index (χ0n) is 5.24. The van der Waals surface area contributed by atoms with Crippen LogP contribution in [0.4, 0.5) is 0 Å². The second-order valence-electron chi connectivity index (χ2n) is 1.67. The molecule has 0 saturated heterocycles. The molecule has 0 amide bonds. The van der Waals surface area contributed by atoms with Crippen LogP contribution in [-0.2, 0) is 0 Å². The molecule has 0 heterocycles. The molecule has 0 spiro atoms. The molecule has 0 aliphatic heterocycles. The van der Waals surface area contributed by atoms with Crippen molar-refractivity contribution in [3.63, 3.8) is 0 Å². The van der Waals surface area contributed by atoms with E-state index in [0.717, 1.165) is 0 Å². The van der Waals surface area contributed by atoms with E-state index >= 15 is 0 Å². The zero-order valence-corrected chi connectivity index (χ0v) is 5.24. The summed E-state index contributed by atoms with van der Waals surface area (Å²) >= 11 is 0. The predicted octanol–water partition coefficient (Wildman–Crippen LogP) is 0.182. The van der Waals surface area contributed by atoms with E-state index in [1.165, 1.54) is 19.0 Å². The Balaban J connectivity index is 4.00. The predicted molar refractivity (Wildman–Crippen MR) is 31.4 cm³/mol. The lowest BCUT2D eigenvalue weighted by Crippen LogP contribution is -2.11. The Bertz CT molecular complexity index is 141. The van der Waals surface area contributed by atoms with E-state index in [2.05, 4.69) is 0 Å². The third kappa shape index (κ3) is 3.33. The van der Waals surface area contributed by atoms with Crippen molar-refractivity contribution in [1.29, 1.82) is 0 Å². The summed E-state index contributed by atoms with van der Waals surface area (Å²) in [7, 11) is 3.02. The summed E-state index contributed by atoms with van der Waals surface area (Å²) in [5.74, 6) is -0.361. The fourth-order valence-corrected chi connectivity index (χ4v) is 0.210. The van der Waals surface area contributed by atoms with E-state index in [4.69, 9.17) is 5.11 Å². The molecule has 0 atom stereocenters. The van der Waals surface area contributed by atoms with Gasteiger partial charge in [-0.3, -0.25) is 10.1 Å². The average molecular weight is 132 g/mol. The molecule has 0 aromatic rings. The smallest absolute Gasteiger partial charge is 0.293 e. The topological polar surface area (TPSA) is 66.6 Å². The largest absolute Gasteiger partial charge is 0.490 e. The first-order valence-electron chi connectivity index (χ1n) is 2.25. The minimum Gasteiger partial charge on any atom is -0.490 e. The van der Waals surface area contributed by atoms with Crippen molar-refractivity contribution < 1.29 is 10.0 Å². The molecule has 52 valence electrons. The number of hydrogen-bond acceptors (Lipinski definition) is 4. The van der Waals surface area contributed by atoms with Gasteiger partial charge in [-0.25, -0.2) is 0 Å². The molecule has 5 nitrogen and oxygen atoms in total. The van der Waals surface area contributed by atoms with E-state index in [1.54, 1.807) is 0 Å². The summed E-state index contributed by atoms with van der Waals surface area (Å²) in [6.45, 7) is 0. The fourth-order valence-electron chi connectivity index (χ4n) is 0.210. The minimum atomic E-state index is -0.713. The minimum absolute atomic E-state index is 0.361. The highest BCUT2D eigenvalue weighted by atomic mass is 16.6. The average Bonchev–Trinajstić information content (AvgIpc) is 1.63. The molecule has 0 bridgehead atoms. The molecule has 0 saturated carbocycles. The fraction of sp³-hybridized carbons (Fsp3) is 0.500. The molecule has 0 aliphatic carbocycles.